The lowest BCUT2D eigenvalue weighted by atomic mass is 9.88. The van der Waals surface area contributed by atoms with Crippen LogP contribution in [0.25, 0.3) is 0 Å². The topological polar surface area (TPSA) is 65.5 Å². The fourth-order valence-electron chi connectivity index (χ4n) is 3.18. The Kier molecular flexibility index (Phi) is 5.11. The number of carbonyl (C=O) groups excluding carboxylic acids is 1. The van der Waals surface area contributed by atoms with Crippen LogP contribution in [0.15, 0.2) is 48.5 Å². The Balaban J connectivity index is 1.71. The van der Waals surface area contributed by atoms with Crippen molar-refractivity contribution in [1.82, 2.24) is 9.88 Å². The van der Waals surface area contributed by atoms with E-state index in [-0.39, 0.29) is 17.9 Å². The molecule has 3 rings (SSSR count). The Morgan fingerprint density at radius 3 is 2.79 bits per heavy atom. The molecule has 1 saturated heterocycles. The number of hydrogen-bond donors (Lipinski definition) is 2. The lowest BCUT2D eigenvalue weighted by molar-refractivity contribution is 0.0238. The fraction of sp³-hybridized carbons (Fsp3) is 0.368. The number of aromatic nitrogens is 1. The lowest BCUT2D eigenvalue weighted by Gasteiger charge is -2.36. The first-order valence-corrected chi connectivity index (χ1v) is 8.33. The first-order valence-electron chi connectivity index (χ1n) is 8.33. The summed E-state index contributed by atoms with van der Waals surface area (Å²) in [6.45, 7) is 1.12. The number of aliphatic hydroxyl groups is 1. The van der Waals surface area contributed by atoms with Crippen molar-refractivity contribution < 1.29 is 9.90 Å². The number of piperidine rings is 1. The Morgan fingerprint density at radius 2 is 2.04 bits per heavy atom. The highest BCUT2D eigenvalue weighted by molar-refractivity contribution is 5.92. The van der Waals surface area contributed by atoms with Crippen molar-refractivity contribution in [2.45, 2.75) is 18.9 Å². The van der Waals surface area contributed by atoms with Crippen LogP contribution < -0.4 is 5.32 Å². The van der Waals surface area contributed by atoms with Gasteiger partial charge in [0.25, 0.3) is 5.91 Å². The molecule has 1 aliphatic rings. The normalized spacial score (nSPS) is 20.7. The number of pyridine rings is 1. The van der Waals surface area contributed by atoms with Crippen molar-refractivity contribution in [3.8, 4) is 0 Å². The summed E-state index contributed by atoms with van der Waals surface area (Å²) < 4.78 is 0. The third-order valence-corrected chi connectivity index (χ3v) is 4.55. The van der Waals surface area contributed by atoms with Crippen molar-refractivity contribution in [1.29, 1.82) is 0 Å². The molecule has 1 aromatic heterocycles. The van der Waals surface area contributed by atoms with E-state index in [2.05, 4.69) is 22.4 Å². The number of anilines is 1. The molecule has 126 valence electrons. The molecule has 5 nitrogen and oxygen atoms in total. The van der Waals surface area contributed by atoms with Gasteiger partial charge in [-0.05, 0) is 30.5 Å². The smallest absolute Gasteiger partial charge is 0.272 e. The van der Waals surface area contributed by atoms with Crippen LogP contribution in [0.3, 0.4) is 0 Å². The third-order valence-electron chi connectivity index (χ3n) is 4.55. The highest BCUT2D eigenvalue weighted by atomic mass is 16.3. The van der Waals surface area contributed by atoms with Crippen molar-refractivity contribution in [2.75, 3.05) is 25.5 Å². The SMILES string of the molecule is CNc1cccc(C(=O)N2CC[C@@H](O)[C@H](Cc3ccccc3)C2)n1. The predicted octanol–water partition coefficient (Wildman–Crippen LogP) is 2.19. The molecule has 2 aromatic rings. The van der Waals surface area contributed by atoms with Gasteiger partial charge in [-0.3, -0.25) is 4.79 Å². The van der Waals surface area contributed by atoms with Gasteiger partial charge in [-0.15, -0.1) is 0 Å². The van der Waals surface area contributed by atoms with E-state index in [1.807, 2.05) is 35.2 Å². The first kappa shape index (κ1) is 16.5. The summed E-state index contributed by atoms with van der Waals surface area (Å²) in [5, 5.41) is 13.3. The number of nitrogens with zero attached hydrogens (tertiary/aromatic N) is 2. The Morgan fingerprint density at radius 1 is 1.25 bits per heavy atom. The number of likely N-dealkylation sites (tertiary alicyclic amines) is 1. The van der Waals surface area contributed by atoms with Gasteiger partial charge in [0.1, 0.15) is 11.5 Å². The summed E-state index contributed by atoms with van der Waals surface area (Å²) in [6, 6.07) is 15.5. The molecule has 0 unspecified atom stereocenters. The van der Waals surface area contributed by atoms with E-state index >= 15 is 0 Å². The van der Waals surface area contributed by atoms with Crippen LogP contribution in [-0.2, 0) is 6.42 Å². The standard InChI is InChI=1S/C19H23N3O2/c1-20-18-9-5-8-16(21-18)19(24)22-11-10-17(23)15(13-22)12-14-6-3-2-4-7-14/h2-9,15,17,23H,10-13H2,1H3,(H,20,21)/t15-,17-/m1/s1. The number of amides is 1. The second-order valence-electron chi connectivity index (χ2n) is 6.22. The van der Waals surface area contributed by atoms with Gasteiger partial charge >= 0.3 is 0 Å². The molecule has 24 heavy (non-hydrogen) atoms. The lowest BCUT2D eigenvalue weighted by Crippen LogP contribution is -2.46. The first-order chi connectivity index (χ1) is 11.7. The molecule has 2 N–H and O–H groups in total. The van der Waals surface area contributed by atoms with Crippen LogP contribution in [0.5, 0.6) is 0 Å². The molecule has 1 fully saturated rings. The van der Waals surface area contributed by atoms with Crippen molar-refractivity contribution in [3.05, 3.63) is 59.8 Å². The summed E-state index contributed by atoms with van der Waals surface area (Å²) in [5.41, 5.74) is 1.63. The van der Waals surface area contributed by atoms with Crippen molar-refractivity contribution in [3.63, 3.8) is 0 Å². The number of benzene rings is 1. The van der Waals surface area contributed by atoms with Gasteiger partial charge in [-0.25, -0.2) is 4.98 Å². The number of rotatable bonds is 4. The molecule has 2 atom stereocenters. The fourth-order valence-corrected chi connectivity index (χ4v) is 3.18. The molecule has 0 spiro atoms. The monoisotopic (exact) mass is 325 g/mol. The minimum Gasteiger partial charge on any atom is -0.393 e. The van der Waals surface area contributed by atoms with E-state index in [1.165, 1.54) is 5.56 Å². The maximum absolute atomic E-state index is 12.7. The molecular formula is C19H23N3O2. The van der Waals surface area contributed by atoms with Crippen LogP contribution in [0, 0.1) is 5.92 Å². The van der Waals surface area contributed by atoms with Crippen molar-refractivity contribution >= 4 is 11.7 Å². The number of aliphatic hydroxyl groups excluding tert-OH is 1. The van der Waals surface area contributed by atoms with Gasteiger partial charge in [0.2, 0.25) is 0 Å². The minimum absolute atomic E-state index is 0.0533. The Bertz CT molecular complexity index is 690. The molecule has 1 aromatic carbocycles. The van der Waals surface area contributed by atoms with Crippen LogP contribution in [0.4, 0.5) is 5.82 Å². The zero-order valence-corrected chi connectivity index (χ0v) is 13.9. The summed E-state index contributed by atoms with van der Waals surface area (Å²) in [7, 11) is 1.78. The van der Waals surface area contributed by atoms with E-state index in [1.54, 1.807) is 13.1 Å². The maximum Gasteiger partial charge on any atom is 0.272 e. The quantitative estimate of drug-likeness (QED) is 0.904. The average Bonchev–Trinajstić information content (AvgIpc) is 2.64. The molecule has 0 bridgehead atoms. The number of hydrogen-bond acceptors (Lipinski definition) is 4. The molecule has 0 saturated carbocycles. The van der Waals surface area contributed by atoms with Gasteiger partial charge in [0, 0.05) is 26.1 Å². The Labute approximate surface area is 142 Å². The van der Waals surface area contributed by atoms with E-state index < -0.39 is 0 Å². The molecule has 0 aliphatic carbocycles. The van der Waals surface area contributed by atoms with E-state index in [9.17, 15) is 9.90 Å². The van der Waals surface area contributed by atoms with Crippen LogP contribution in [0.2, 0.25) is 0 Å². The minimum atomic E-state index is -0.370. The van der Waals surface area contributed by atoms with Crippen LogP contribution >= 0.6 is 0 Å². The molecular weight excluding hydrogens is 302 g/mol. The summed E-state index contributed by atoms with van der Waals surface area (Å²) in [5.74, 6) is 0.661. The molecule has 0 radical (unpaired) electrons. The maximum atomic E-state index is 12.7. The second kappa shape index (κ2) is 7.45. The predicted molar refractivity (Wildman–Crippen MR) is 93.9 cm³/mol. The average molecular weight is 325 g/mol. The molecule has 1 amide bonds. The summed E-state index contributed by atoms with van der Waals surface area (Å²) >= 11 is 0. The third kappa shape index (κ3) is 3.74. The van der Waals surface area contributed by atoms with E-state index in [0.29, 0.717) is 31.0 Å². The van der Waals surface area contributed by atoms with Gasteiger partial charge < -0.3 is 15.3 Å². The van der Waals surface area contributed by atoms with Gasteiger partial charge in [0.05, 0.1) is 6.10 Å². The van der Waals surface area contributed by atoms with Crippen molar-refractivity contribution in [2.24, 2.45) is 5.92 Å². The Hall–Kier alpha value is -2.40. The largest absolute Gasteiger partial charge is 0.393 e. The highest BCUT2D eigenvalue weighted by Gasteiger charge is 2.31. The molecule has 5 heteroatoms. The van der Waals surface area contributed by atoms with Crippen LogP contribution in [0.1, 0.15) is 22.5 Å². The number of carbonyl (C=O) groups is 1. The highest BCUT2D eigenvalue weighted by Crippen LogP contribution is 2.23. The second-order valence-corrected chi connectivity index (χ2v) is 6.22. The summed E-state index contributed by atoms with van der Waals surface area (Å²) in [4.78, 5) is 18.9. The van der Waals surface area contributed by atoms with Gasteiger partial charge in [-0.1, -0.05) is 36.4 Å². The van der Waals surface area contributed by atoms with E-state index in [0.717, 1.165) is 6.42 Å². The molecule has 2 heterocycles. The van der Waals surface area contributed by atoms with Gasteiger partial charge in [-0.2, -0.15) is 0 Å². The van der Waals surface area contributed by atoms with Crippen LogP contribution in [-0.4, -0.2) is 47.1 Å². The van der Waals surface area contributed by atoms with E-state index in [4.69, 9.17) is 0 Å². The zero-order valence-electron chi connectivity index (χ0n) is 13.9. The molecule has 1 aliphatic heterocycles. The number of nitrogens with one attached hydrogen (secondary N) is 1. The zero-order chi connectivity index (χ0) is 16.9. The van der Waals surface area contributed by atoms with Gasteiger partial charge in [0.15, 0.2) is 0 Å². The summed E-state index contributed by atoms with van der Waals surface area (Å²) in [6.07, 6.45) is 1.01.